The van der Waals surface area contributed by atoms with Crippen LogP contribution in [0.15, 0.2) is 53.0 Å². The maximum absolute atomic E-state index is 12.0. The van der Waals surface area contributed by atoms with E-state index in [0.29, 0.717) is 12.1 Å². The third-order valence-corrected chi connectivity index (χ3v) is 4.06. The summed E-state index contributed by atoms with van der Waals surface area (Å²) < 4.78 is 0.807. The first-order valence-corrected chi connectivity index (χ1v) is 7.78. The number of carbonyl (C=O) groups excluding carboxylic acids is 1. The van der Waals surface area contributed by atoms with Crippen LogP contribution in [0.1, 0.15) is 21.5 Å². The van der Waals surface area contributed by atoms with Gasteiger partial charge in [0.2, 0.25) is 0 Å². The third-order valence-electron chi connectivity index (χ3n) is 2.72. The molecule has 0 aliphatic heterocycles. The number of carbonyl (C=O) groups is 1. The Hall–Kier alpha value is -1.13. The zero-order valence-corrected chi connectivity index (χ0v) is 13.4. The molecule has 19 heavy (non-hydrogen) atoms. The highest BCUT2D eigenvalue weighted by molar-refractivity contribution is 9.10. The summed E-state index contributed by atoms with van der Waals surface area (Å²) in [6, 6.07) is 15.5. The average Bonchev–Trinajstić information content (AvgIpc) is 2.45. The van der Waals surface area contributed by atoms with Crippen molar-refractivity contribution >= 4 is 37.8 Å². The lowest BCUT2D eigenvalue weighted by atomic mass is 10.1. The van der Waals surface area contributed by atoms with Gasteiger partial charge in [0, 0.05) is 16.3 Å². The van der Waals surface area contributed by atoms with E-state index < -0.39 is 0 Å². The predicted molar refractivity (Wildman–Crippen MR) is 84.4 cm³/mol. The van der Waals surface area contributed by atoms with E-state index in [4.69, 9.17) is 0 Å². The molecule has 0 aliphatic rings. The quantitative estimate of drug-likeness (QED) is 0.786. The number of hydrogen-bond donors (Lipinski definition) is 1. The van der Waals surface area contributed by atoms with Gasteiger partial charge in [0.25, 0.3) is 5.91 Å². The lowest BCUT2D eigenvalue weighted by molar-refractivity contribution is 0.0950. The molecule has 0 atom stereocenters. The predicted octanol–water partition coefficient (Wildman–Crippen LogP) is 4.27. The van der Waals surface area contributed by atoms with Gasteiger partial charge >= 0.3 is 0 Å². The second-order valence-electron chi connectivity index (χ2n) is 4.12. The molecule has 2 aromatic rings. The summed E-state index contributed by atoms with van der Waals surface area (Å²) in [5.41, 5.74) is 2.95. The molecule has 2 rings (SSSR count). The van der Waals surface area contributed by atoms with Crippen LogP contribution in [0.3, 0.4) is 0 Å². The van der Waals surface area contributed by atoms with Crippen LogP contribution in [-0.4, -0.2) is 5.91 Å². The molecule has 0 heterocycles. The van der Waals surface area contributed by atoms with Crippen molar-refractivity contribution in [3.63, 3.8) is 0 Å². The first-order valence-electron chi connectivity index (χ1n) is 5.87. The van der Waals surface area contributed by atoms with Gasteiger partial charge in [0.1, 0.15) is 0 Å². The van der Waals surface area contributed by atoms with Crippen molar-refractivity contribution in [3.05, 3.63) is 69.7 Å². The van der Waals surface area contributed by atoms with Crippen molar-refractivity contribution in [1.82, 2.24) is 5.32 Å². The highest BCUT2D eigenvalue weighted by atomic mass is 79.9. The number of amides is 1. The van der Waals surface area contributed by atoms with E-state index in [1.807, 2.05) is 36.4 Å². The number of nitrogens with one attached hydrogen (secondary N) is 1. The highest BCUT2D eigenvalue weighted by Gasteiger charge is 2.08. The molecule has 0 saturated carbocycles. The van der Waals surface area contributed by atoms with Gasteiger partial charge in [-0.3, -0.25) is 4.79 Å². The van der Waals surface area contributed by atoms with Crippen LogP contribution >= 0.6 is 31.9 Å². The maximum Gasteiger partial charge on any atom is 0.252 e. The summed E-state index contributed by atoms with van der Waals surface area (Å²) in [5.74, 6) is -0.0725. The van der Waals surface area contributed by atoms with Gasteiger partial charge in [-0.15, -0.1) is 0 Å². The van der Waals surface area contributed by atoms with Gasteiger partial charge in [-0.2, -0.15) is 0 Å². The van der Waals surface area contributed by atoms with Crippen LogP contribution in [0, 0.1) is 0 Å². The van der Waals surface area contributed by atoms with Gasteiger partial charge in [-0.05, 0) is 39.2 Å². The fraction of sp³-hybridized carbons (Fsp3) is 0.133. The van der Waals surface area contributed by atoms with Gasteiger partial charge in [-0.1, -0.05) is 52.3 Å². The summed E-state index contributed by atoms with van der Waals surface area (Å²) in [6.07, 6.45) is 0. The van der Waals surface area contributed by atoms with E-state index in [9.17, 15) is 4.79 Å². The van der Waals surface area contributed by atoms with Crippen LogP contribution in [-0.2, 0) is 11.9 Å². The molecule has 0 bridgehead atoms. The van der Waals surface area contributed by atoms with E-state index in [1.54, 1.807) is 6.07 Å². The normalized spacial score (nSPS) is 10.2. The standard InChI is InChI=1S/C15H13Br2NO/c16-9-11-4-3-5-12(8-11)10-18-15(19)13-6-1-2-7-14(13)17/h1-8H,9-10H2,(H,18,19). The van der Waals surface area contributed by atoms with Crippen molar-refractivity contribution in [3.8, 4) is 0 Å². The van der Waals surface area contributed by atoms with Crippen molar-refractivity contribution in [2.75, 3.05) is 0 Å². The largest absolute Gasteiger partial charge is 0.348 e. The number of alkyl halides is 1. The molecule has 0 aliphatic carbocycles. The van der Waals surface area contributed by atoms with Crippen LogP contribution in [0.2, 0.25) is 0 Å². The molecule has 0 fully saturated rings. The minimum absolute atomic E-state index is 0.0725. The van der Waals surface area contributed by atoms with Gasteiger partial charge in [-0.25, -0.2) is 0 Å². The fourth-order valence-electron chi connectivity index (χ4n) is 1.75. The molecule has 2 nitrogen and oxygen atoms in total. The second kappa shape index (κ2) is 6.87. The highest BCUT2D eigenvalue weighted by Crippen LogP contribution is 2.16. The number of halogens is 2. The Morgan fingerprint density at radius 2 is 1.79 bits per heavy atom. The molecule has 2 aromatic carbocycles. The minimum atomic E-state index is -0.0725. The molecule has 98 valence electrons. The third kappa shape index (κ3) is 3.91. The zero-order chi connectivity index (χ0) is 13.7. The number of rotatable bonds is 4. The Kier molecular flexibility index (Phi) is 5.16. The average molecular weight is 383 g/mol. The molecule has 0 aromatic heterocycles. The first-order chi connectivity index (χ1) is 9.20. The molecule has 1 N–H and O–H groups in total. The zero-order valence-electron chi connectivity index (χ0n) is 10.2. The molecule has 1 amide bonds. The van der Waals surface area contributed by atoms with E-state index in [-0.39, 0.29) is 5.91 Å². The smallest absolute Gasteiger partial charge is 0.252 e. The number of hydrogen-bond acceptors (Lipinski definition) is 1. The molecule has 0 unspecified atom stereocenters. The van der Waals surface area contributed by atoms with Crippen LogP contribution in [0.4, 0.5) is 0 Å². The van der Waals surface area contributed by atoms with Crippen LogP contribution in [0.5, 0.6) is 0 Å². The molecule has 0 spiro atoms. The van der Waals surface area contributed by atoms with Crippen molar-refractivity contribution < 1.29 is 4.79 Å². The topological polar surface area (TPSA) is 29.1 Å². The summed E-state index contributed by atoms with van der Waals surface area (Å²) in [6.45, 7) is 0.529. The van der Waals surface area contributed by atoms with Crippen molar-refractivity contribution in [2.24, 2.45) is 0 Å². The van der Waals surface area contributed by atoms with Gasteiger partial charge in [0.05, 0.1) is 5.56 Å². The lowest BCUT2D eigenvalue weighted by Crippen LogP contribution is -2.23. The Morgan fingerprint density at radius 3 is 2.53 bits per heavy atom. The Bertz CT molecular complexity index is 584. The summed E-state index contributed by atoms with van der Waals surface area (Å²) >= 11 is 6.80. The van der Waals surface area contributed by atoms with Gasteiger partial charge < -0.3 is 5.32 Å². The monoisotopic (exact) mass is 381 g/mol. The molecule has 0 saturated heterocycles. The van der Waals surface area contributed by atoms with E-state index in [2.05, 4.69) is 43.2 Å². The van der Waals surface area contributed by atoms with E-state index >= 15 is 0 Å². The van der Waals surface area contributed by atoms with E-state index in [0.717, 1.165) is 15.4 Å². The minimum Gasteiger partial charge on any atom is -0.348 e. The molecule has 4 heteroatoms. The molecular weight excluding hydrogens is 370 g/mol. The number of benzene rings is 2. The lowest BCUT2D eigenvalue weighted by Gasteiger charge is -2.07. The second-order valence-corrected chi connectivity index (χ2v) is 5.53. The van der Waals surface area contributed by atoms with Crippen molar-refractivity contribution in [1.29, 1.82) is 0 Å². The summed E-state index contributed by atoms with van der Waals surface area (Å²) in [4.78, 5) is 12.0. The van der Waals surface area contributed by atoms with Gasteiger partial charge in [0.15, 0.2) is 0 Å². The molecule has 0 radical (unpaired) electrons. The molecular formula is C15H13Br2NO. The van der Waals surface area contributed by atoms with E-state index in [1.165, 1.54) is 5.56 Å². The fourth-order valence-corrected chi connectivity index (χ4v) is 2.56. The Labute approximate surface area is 129 Å². The maximum atomic E-state index is 12.0. The first kappa shape index (κ1) is 14.3. The van der Waals surface area contributed by atoms with Crippen molar-refractivity contribution in [2.45, 2.75) is 11.9 Å². The Balaban J connectivity index is 2.02. The van der Waals surface area contributed by atoms with Crippen LogP contribution in [0.25, 0.3) is 0 Å². The summed E-state index contributed by atoms with van der Waals surface area (Å²) in [7, 11) is 0. The Morgan fingerprint density at radius 1 is 1.05 bits per heavy atom. The summed E-state index contributed by atoms with van der Waals surface area (Å²) in [5, 5.41) is 3.74. The SMILES string of the molecule is O=C(NCc1cccc(CBr)c1)c1ccccc1Br. The van der Waals surface area contributed by atoms with Crippen LogP contribution < -0.4 is 5.32 Å².